The molecule has 0 aromatic carbocycles. The number of piperidine rings is 1. The van der Waals surface area contributed by atoms with Gasteiger partial charge in [0.15, 0.2) is 0 Å². The number of rotatable bonds is 9. The first-order valence-electron chi connectivity index (χ1n) is 8.74. The fraction of sp³-hybridized carbons (Fsp3) is 0.933. The highest BCUT2D eigenvalue weighted by Gasteiger charge is 2.37. The highest BCUT2D eigenvalue weighted by molar-refractivity contribution is 7.86. The summed E-state index contributed by atoms with van der Waals surface area (Å²) in [4.78, 5) is 13.9. The van der Waals surface area contributed by atoms with Crippen LogP contribution >= 0.6 is 0 Å². The van der Waals surface area contributed by atoms with E-state index in [2.05, 4.69) is 5.32 Å². The van der Waals surface area contributed by atoms with Crippen molar-refractivity contribution in [2.45, 2.75) is 18.9 Å². The summed E-state index contributed by atoms with van der Waals surface area (Å²) in [6, 6.07) is -0.0511. The molecule has 0 aromatic heterocycles. The molecule has 1 atom stereocenters. The van der Waals surface area contributed by atoms with Gasteiger partial charge in [0.25, 0.3) is 10.2 Å². The molecule has 2 heterocycles. The number of hydrogen-bond donors (Lipinski definition) is 1. The summed E-state index contributed by atoms with van der Waals surface area (Å²) in [5.41, 5.74) is 0. The lowest BCUT2D eigenvalue weighted by molar-refractivity contribution is -0.135. The zero-order valence-corrected chi connectivity index (χ0v) is 16.0. The first-order valence-corrected chi connectivity index (χ1v) is 10.1. The smallest absolute Gasteiger partial charge is 0.282 e. The monoisotopic (exact) mass is 378 g/mol. The molecule has 2 aliphatic heterocycles. The fourth-order valence-electron chi connectivity index (χ4n) is 3.28. The highest BCUT2D eigenvalue weighted by atomic mass is 32.2. The molecule has 0 spiro atoms. The minimum Gasteiger partial charge on any atom is -0.383 e. The molecule has 2 saturated heterocycles. The predicted molar refractivity (Wildman–Crippen MR) is 93.4 cm³/mol. The van der Waals surface area contributed by atoms with E-state index in [1.807, 2.05) is 4.90 Å². The average molecular weight is 378 g/mol. The summed E-state index contributed by atoms with van der Waals surface area (Å²) in [5, 5.41) is 3.05. The number of nitrogens with zero attached hydrogens (tertiary/aromatic N) is 3. The van der Waals surface area contributed by atoms with Crippen LogP contribution in [-0.4, -0.2) is 107 Å². The minimum absolute atomic E-state index is 0.0473. The van der Waals surface area contributed by atoms with E-state index < -0.39 is 10.2 Å². The maximum absolute atomic E-state index is 13.0. The zero-order chi connectivity index (χ0) is 18.3. The van der Waals surface area contributed by atoms with Crippen molar-refractivity contribution in [3.05, 3.63) is 0 Å². The van der Waals surface area contributed by atoms with Gasteiger partial charge in [-0.1, -0.05) is 0 Å². The van der Waals surface area contributed by atoms with Crippen LogP contribution in [0.15, 0.2) is 0 Å². The van der Waals surface area contributed by atoms with Gasteiger partial charge in [0.1, 0.15) is 0 Å². The first kappa shape index (κ1) is 20.5. The van der Waals surface area contributed by atoms with Crippen molar-refractivity contribution in [2.75, 3.05) is 73.2 Å². The van der Waals surface area contributed by atoms with Gasteiger partial charge in [0.2, 0.25) is 5.91 Å². The van der Waals surface area contributed by atoms with Crippen LogP contribution in [0.1, 0.15) is 12.8 Å². The van der Waals surface area contributed by atoms with Crippen LogP contribution in [0.3, 0.4) is 0 Å². The van der Waals surface area contributed by atoms with Gasteiger partial charge in [0, 0.05) is 59.5 Å². The van der Waals surface area contributed by atoms with Crippen LogP contribution in [-0.2, 0) is 24.5 Å². The number of hydrogen-bond acceptors (Lipinski definition) is 6. The SMILES string of the molecule is COCCN(CCOC)S(=O)(=O)N1CCCC(N2CCNCC2=O)C1. The molecule has 0 saturated carbocycles. The van der Waals surface area contributed by atoms with Crippen molar-refractivity contribution >= 4 is 16.1 Å². The molecule has 9 nitrogen and oxygen atoms in total. The van der Waals surface area contributed by atoms with E-state index in [9.17, 15) is 13.2 Å². The van der Waals surface area contributed by atoms with Gasteiger partial charge >= 0.3 is 0 Å². The Balaban J connectivity index is 2.06. The van der Waals surface area contributed by atoms with E-state index in [0.717, 1.165) is 19.4 Å². The molecule has 1 unspecified atom stereocenters. The first-order chi connectivity index (χ1) is 12.0. The van der Waals surface area contributed by atoms with E-state index in [1.165, 1.54) is 8.61 Å². The van der Waals surface area contributed by atoms with Crippen molar-refractivity contribution in [3.63, 3.8) is 0 Å². The standard InChI is InChI=1S/C15H30N4O5S/c1-23-10-8-17(9-11-24-2)25(21,22)18-6-3-4-14(13-18)19-7-5-16-12-15(19)20/h14,16H,3-13H2,1-2H3. The molecule has 25 heavy (non-hydrogen) atoms. The molecule has 1 N–H and O–H groups in total. The lowest BCUT2D eigenvalue weighted by atomic mass is 10.1. The molecule has 0 bridgehead atoms. The van der Waals surface area contributed by atoms with Crippen LogP contribution in [0.2, 0.25) is 0 Å². The molecule has 2 aliphatic rings. The van der Waals surface area contributed by atoms with Crippen LogP contribution in [0.4, 0.5) is 0 Å². The highest BCUT2D eigenvalue weighted by Crippen LogP contribution is 2.21. The summed E-state index contributed by atoms with van der Waals surface area (Å²) >= 11 is 0. The number of methoxy groups -OCH3 is 2. The van der Waals surface area contributed by atoms with Crippen molar-refractivity contribution in [3.8, 4) is 0 Å². The van der Waals surface area contributed by atoms with Crippen LogP contribution in [0.5, 0.6) is 0 Å². The second kappa shape index (κ2) is 9.79. The average Bonchev–Trinajstić information content (AvgIpc) is 2.62. The number of carbonyl (C=O) groups excluding carboxylic acids is 1. The third kappa shape index (κ3) is 5.35. The topological polar surface area (TPSA) is 91.4 Å². The Labute approximate surface area is 150 Å². The molecule has 2 rings (SSSR count). The van der Waals surface area contributed by atoms with E-state index >= 15 is 0 Å². The molecule has 0 radical (unpaired) electrons. The maximum Gasteiger partial charge on any atom is 0.282 e. The number of amides is 1. The minimum atomic E-state index is -3.60. The number of ether oxygens (including phenoxy) is 2. The lowest BCUT2D eigenvalue weighted by Crippen LogP contribution is -2.59. The number of carbonyl (C=O) groups is 1. The van der Waals surface area contributed by atoms with Crippen molar-refractivity contribution < 1.29 is 22.7 Å². The summed E-state index contributed by atoms with van der Waals surface area (Å²) in [6.07, 6.45) is 1.59. The molecule has 0 aliphatic carbocycles. The Morgan fingerprint density at radius 3 is 2.48 bits per heavy atom. The maximum atomic E-state index is 13.0. The Morgan fingerprint density at radius 2 is 1.88 bits per heavy atom. The molecule has 146 valence electrons. The molecule has 10 heteroatoms. The number of nitrogens with one attached hydrogen (secondary N) is 1. The Morgan fingerprint density at radius 1 is 1.20 bits per heavy atom. The van der Waals surface area contributed by atoms with Crippen LogP contribution in [0.25, 0.3) is 0 Å². The van der Waals surface area contributed by atoms with Gasteiger partial charge in [-0.2, -0.15) is 17.0 Å². The molecular formula is C15H30N4O5S. The van der Waals surface area contributed by atoms with Gasteiger partial charge in [-0.15, -0.1) is 0 Å². The van der Waals surface area contributed by atoms with Crippen molar-refractivity contribution in [2.24, 2.45) is 0 Å². The van der Waals surface area contributed by atoms with E-state index in [-0.39, 0.29) is 25.0 Å². The second-order valence-electron chi connectivity index (χ2n) is 6.31. The van der Waals surface area contributed by atoms with Gasteiger partial charge in [-0.25, -0.2) is 0 Å². The molecule has 1 amide bonds. The quantitative estimate of drug-likeness (QED) is 0.538. The fourth-order valence-corrected chi connectivity index (χ4v) is 4.94. The van der Waals surface area contributed by atoms with Crippen LogP contribution in [0, 0.1) is 0 Å². The third-order valence-electron chi connectivity index (χ3n) is 4.67. The molecule has 2 fully saturated rings. The summed E-state index contributed by atoms with van der Waals surface area (Å²) in [5.74, 6) is 0.0473. The van der Waals surface area contributed by atoms with E-state index in [1.54, 1.807) is 14.2 Å². The van der Waals surface area contributed by atoms with E-state index in [0.29, 0.717) is 39.4 Å². The predicted octanol–water partition coefficient (Wildman–Crippen LogP) is -1.28. The van der Waals surface area contributed by atoms with Gasteiger partial charge in [-0.05, 0) is 12.8 Å². The van der Waals surface area contributed by atoms with Gasteiger partial charge < -0.3 is 19.7 Å². The second-order valence-corrected chi connectivity index (χ2v) is 8.24. The van der Waals surface area contributed by atoms with Crippen molar-refractivity contribution in [1.82, 2.24) is 18.8 Å². The van der Waals surface area contributed by atoms with Crippen LogP contribution < -0.4 is 5.32 Å². The third-order valence-corrected chi connectivity index (χ3v) is 6.67. The largest absolute Gasteiger partial charge is 0.383 e. The van der Waals surface area contributed by atoms with Gasteiger partial charge in [-0.3, -0.25) is 4.79 Å². The Hall–Kier alpha value is -0.780. The summed E-state index contributed by atoms with van der Waals surface area (Å²) < 4.78 is 39.1. The summed E-state index contributed by atoms with van der Waals surface area (Å²) in [7, 11) is -0.505. The van der Waals surface area contributed by atoms with E-state index in [4.69, 9.17) is 9.47 Å². The Kier molecular flexibility index (Phi) is 8.04. The number of piperazine rings is 1. The van der Waals surface area contributed by atoms with Gasteiger partial charge in [0.05, 0.1) is 19.8 Å². The lowest BCUT2D eigenvalue weighted by Gasteiger charge is -2.41. The van der Waals surface area contributed by atoms with Crippen molar-refractivity contribution in [1.29, 1.82) is 0 Å². The zero-order valence-electron chi connectivity index (χ0n) is 15.1. The normalized spacial score (nSPS) is 23.4. The summed E-state index contributed by atoms with van der Waals surface area (Å²) in [6.45, 7) is 3.78. The molecule has 0 aromatic rings. The Bertz CT molecular complexity index is 522. The molecular weight excluding hydrogens is 348 g/mol.